The Balaban J connectivity index is 0.00000132. The van der Waals surface area contributed by atoms with Gasteiger partial charge in [0.1, 0.15) is 0 Å². The topological polar surface area (TPSA) is 3.88 Å². The first kappa shape index (κ1) is 23.3. The molecular weight excluding hydrogens is 584 g/mol. The van der Waals surface area contributed by atoms with Gasteiger partial charge in [0.2, 0.25) is 0 Å². The summed E-state index contributed by atoms with van der Waals surface area (Å²) in [6, 6.07) is 26.4. The van der Waals surface area contributed by atoms with Crippen molar-refractivity contribution < 1.29 is 13.3 Å². The predicted molar refractivity (Wildman–Crippen MR) is 125 cm³/mol. The Morgan fingerprint density at radius 3 is 1.74 bits per heavy atom. The summed E-state index contributed by atoms with van der Waals surface area (Å²) in [6.45, 7) is 5.90. The molecule has 0 amide bonds. The van der Waals surface area contributed by atoms with E-state index in [-0.39, 0.29) is 5.56 Å². The Kier molecular flexibility index (Phi) is 7.70. The molecule has 0 aliphatic heterocycles. The number of hydrogen-bond acceptors (Lipinski definition) is 0. The number of benzene rings is 3. The molecule has 0 aliphatic rings. The number of hydrogen-bond donors (Lipinski definition) is 0. The Hall–Kier alpha value is -2.41. The van der Waals surface area contributed by atoms with E-state index < -0.39 is 6.05 Å². The van der Waals surface area contributed by atoms with Crippen LogP contribution in [0.25, 0.3) is 22.4 Å². The second-order valence-corrected chi connectivity index (χ2v) is 8.98. The van der Waals surface area contributed by atoms with E-state index in [4.69, 9.17) is 0 Å². The van der Waals surface area contributed by atoms with Crippen molar-refractivity contribution in [1.82, 2.24) is 0 Å². The fourth-order valence-electron chi connectivity index (χ4n) is 3.40. The van der Waals surface area contributed by atoms with Crippen LogP contribution in [0.3, 0.4) is 0 Å². The van der Waals surface area contributed by atoms with Crippen LogP contribution in [0.4, 0.5) is 8.78 Å². The Labute approximate surface area is 199 Å². The zero-order valence-electron chi connectivity index (χ0n) is 17.9. The summed E-state index contributed by atoms with van der Waals surface area (Å²) in [5, 5.41) is 0. The molecule has 155 valence electrons. The van der Waals surface area contributed by atoms with Crippen molar-refractivity contribution >= 4 is 29.0 Å². The van der Waals surface area contributed by atoms with E-state index >= 15 is 8.78 Å². The third kappa shape index (κ3) is 5.09. The van der Waals surface area contributed by atoms with Crippen molar-refractivity contribution in [2.45, 2.75) is 26.8 Å². The van der Waals surface area contributed by atoms with Gasteiger partial charge in [-0.2, -0.15) is 0 Å². The van der Waals surface area contributed by atoms with Gasteiger partial charge in [0.05, 0.1) is 0 Å². The van der Waals surface area contributed by atoms with Gasteiger partial charge in [-0.3, -0.25) is 0 Å². The number of aromatic nitrogens is 1. The molecule has 0 N–H and O–H groups in total. The van der Waals surface area contributed by atoms with Crippen molar-refractivity contribution in [3.8, 4) is 22.4 Å². The summed E-state index contributed by atoms with van der Waals surface area (Å²) >= 11 is 0.488. The molecule has 0 saturated carbocycles. The van der Waals surface area contributed by atoms with Crippen molar-refractivity contribution in [3.63, 3.8) is 0 Å². The molecule has 0 fully saturated rings. The molecule has 3 aromatic carbocycles. The summed E-state index contributed by atoms with van der Waals surface area (Å²) in [5.41, 5.74) is 4.22. The average molecular weight is 609 g/mol. The SMILES string of the molecule is CC.Cc1ccc(C(F)(F)[n+]2[c]([Pb])cc(-c3ccccc3)cc2-c2ccccc2)cc1. The molecule has 1 aromatic heterocycles. The summed E-state index contributed by atoms with van der Waals surface area (Å²) < 4.78 is 33.3. The maximum atomic E-state index is 15.7. The molecule has 4 heteroatoms. The molecule has 0 spiro atoms. The van der Waals surface area contributed by atoms with Gasteiger partial charge in [0.25, 0.3) is 0 Å². The maximum absolute atomic E-state index is 15.7. The Bertz CT molecular complexity index is 1130. The number of nitrogens with zero attached hydrogens (tertiary/aromatic N) is 1. The van der Waals surface area contributed by atoms with Gasteiger partial charge in [0, 0.05) is 0 Å². The van der Waals surface area contributed by atoms with Gasteiger partial charge in [-0.05, 0) is 0 Å². The van der Waals surface area contributed by atoms with Gasteiger partial charge < -0.3 is 0 Å². The molecule has 1 heterocycles. The summed E-state index contributed by atoms with van der Waals surface area (Å²) in [4.78, 5) is 0. The average Bonchev–Trinajstić information content (AvgIpc) is 2.81. The molecule has 0 atom stereocenters. The molecular formula is C27H25F2NPb+. The monoisotopic (exact) mass is 609 g/mol. The van der Waals surface area contributed by atoms with Crippen LogP contribution in [0.1, 0.15) is 25.0 Å². The Morgan fingerprint density at radius 2 is 1.19 bits per heavy atom. The summed E-state index contributed by atoms with van der Waals surface area (Å²) in [7, 11) is 0. The molecule has 31 heavy (non-hydrogen) atoms. The fraction of sp³-hybridized carbons (Fsp3) is 0.148. The van der Waals surface area contributed by atoms with Crippen LogP contribution in [-0.2, 0) is 6.05 Å². The van der Waals surface area contributed by atoms with Crippen LogP contribution in [0.15, 0.2) is 97.1 Å². The van der Waals surface area contributed by atoms with Gasteiger partial charge in [-0.1, -0.05) is 13.8 Å². The number of pyridine rings is 1. The second kappa shape index (κ2) is 10.3. The van der Waals surface area contributed by atoms with Crippen molar-refractivity contribution in [3.05, 3.63) is 108 Å². The molecule has 0 aliphatic carbocycles. The minimum absolute atomic E-state index is 0.00478. The number of aryl methyl sites for hydroxylation is 1. The fourth-order valence-corrected chi connectivity index (χ4v) is 5.02. The van der Waals surface area contributed by atoms with Gasteiger partial charge in [-0.15, -0.1) is 0 Å². The first-order chi connectivity index (χ1) is 15.0. The van der Waals surface area contributed by atoms with Crippen LogP contribution in [0.5, 0.6) is 0 Å². The molecule has 0 saturated heterocycles. The second-order valence-electron chi connectivity index (χ2n) is 6.99. The Morgan fingerprint density at radius 1 is 0.677 bits per heavy atom. The quantitative estimate of drug-likeness (QED) is 0.197. The number of alkyl halides is 2. The van der Waals surface area contributed by atoms with Gasteiger partial charge >= 0.3 is 186 Å². The van der Waals surface area contributed by atoms with E-state index in [1.54, 1.807) is 12.1 Å². The third-order valence-electron chi connectivity index (χ3n) is 4.92. The van der Waals surface area contributed by atoms with Crippen molar-refractivity contribution in [2.75, 3.05) is 0 Å². The molecule has 3 radical (unpaired) electrons. The molecule has 0 unspecified atom stereocenters. The van der Waals surface area contributed by atoms with E-state index in [1.807, 2.05) is 93.6 Å². The van der Waals surface area contributed by atoms with E-state index in [2.05, 4.69) is 0 Å². The summed E-state index contributed by atoms with van der Waals surface area (Å²) in [5.74, 6) is 0. The standard InChI is InChI=1S/C25H19F2N.C2H6.Pb/c1-19-12-14-23(15-13-19)25(26,27)28-17-16-22(20-8-4-2-5-9-20)18-24(28)21-10-6-3-7-11-21;1-2;/h2-16,18H,1H3;1-2H3;/q+1;;. The van der Waals surface area contributed by atoms with Crippen molar-refractivity contribution in [2.24, 2.45) is 0 Å². The normalized spacial score (nSPS) is 10.9. The van der Waals surface area contributed by atoms with Crippen LogP contribution in [0, 0.1) is 6.92 Å². The molecule has 0 bridgehead atoms. The van der Waals surface area contributed by atoms with Gasteiger partial charge in [-0.25, -0.2) is 0 Å². The van der Waals surface area contributed by atoms with E-state index in [9.17, 15) is 0 Å². The van der Waals surface area contributed by atoms with E-state index in [1.165, 1.54) is 16.7 Å². The van der Waals surface area contributed by atoms with Crippen LogP contribution in [0.2, 0.25) is 0 Å². The number of rotatable bonds is 4. The van der Waals surface area contributed by atoms with Crippen molar-refractivity contribution in [1.29, 1.82) is 0 Å². The predicted octanol–water partition coefficient (Wildman–Crippen LogP) is 6.03. The zero-order chi connectivity index (χ0) is 22.4. The summed E-state index contributed by atoms with van der Waals surface area (Å²) in [6.07, 6.45) is 0. The van der Waals surface area contributed by atoms with Crippen LogP contribution in [-0.4, -0.2) is 25.8 Å². The molecule has 1 nitrogen and oxygen atoms in total. The first-order valence-corrected chi connectivity index (χ1v) is 12.3. The van der Waals surface area contributed by atoms with Crippen LogP contribution < -0.4 is 7.82 Å². The van der Waals surface area contributed by atoms with Crippen LogP contribution >= 0.6 is 0 Å². The molecule has 4 aromatic rings. The molecule has 4 rings (SSSR count). The first-order valence-electron chi connectivity index (χ1n) is 10.3. The van der Waals surface area contributed by atoms with Gasteiger partial charge in [0.15, 0.2) is 0 Å². The van der Waals surface area contributed by atoms with E-state index in [0.717, 1.165) is 22.3 Å². The third-order valence-corrected chi connectivity index (χ3v) is 6.35. The minimum atomic E-state index is -3.15. The zero-order valence-corrected chi connectivity index (χ0v) is 21.8. The number of halogens is 2. The van der Waals surface area contributed by atoms with E-state index in [0.29, 0.717) is 34.7 Å².